The van der Waals surface area contributed by atoms with E-state index in [-0.39, 0.29) is 39.6 Å². The van der Waals surface area contributed by atoms with E-state index in [0.29, 0.717) is 18.6 Å². The summed E-state index contributed by atoms with van der Waals surface area (Å²) in [4.78, 5) is 4.08. The Morgan fingerprint density at radius 2 is 2.25 bits per heavy atom. The normalized spacial score (nSPS) is 14.7. The van der Waals surface area contributed by atoms with Crippen molar-refractivity contribution < 1.29 is 22.6 Å². The van der Waals surface area contributed by atoms with Crippen LogP contribution in [0, 0.1) is 17.1 Å². The Hall–Kier alpha value is -2.53. The highest BCUT2D eigenvalue weighted by molar-refractivity contribution is 7.99. The van der Waals surface area contributed by atoms with Gasteiger partial charge in [0.05, 0.1) is 16.5 Å². The molecule has 10 nitrogen and oxygen atoms in total. The Kier molecular flexibility index (Phi) is 6.25. The first-order valence-electron chi connectivity index (χ1n) is 8.07. The first-order valence-corrected chi connectivity index (χ1v) is 10.6. The van der Waals surface area contributed by atoms with Gasteiger partial charge in [-0.25, -0.2) is 27.2 Å². The van der Waals surface area contributed by atoms with Crippen LogP contribution in [0.15, 0.2) is 32.8 Å². The molecule has 1 heterocycles. The molecule has 0 spiro atoms. The van der Waals surface area contributed by atoms with Gasteiger partial charge < -0.3 is 0 Å². The van der Waals surface area contributed by atoms with Gasteiger partial charge in [0.2, 0.25) is 10.0 Å². The lowest BCUT2D eigenvalue weighted by Crippen LogP contribution is -2.29. The van der Waals surface area contributed by atoms with Gasteiger partial charge in [-0.05, 0) is 41.4 Å². The standard InChI is InChI=1S/C15H15FN6O4S2/c16-12-4-1-10(7-9(12)8-17)19-14(20-23)13-15(22-26-21-13)27-6-5-18-28(24,25)11-2-3-11/h1,4,7,11,18,23H,2-3,5-6H2,(H,19,20). The second-order valence-corrected chi connectivity index (χ2v) is 8.88. The molecule has 13 heteroatoms. The number of nitrogens with one attached hydrogen (secondary N) is 2. The zero-order chi connectivity index (χ0) is 20.1. The lowest BCUT2D eigenvalue weighted by atomic mass is 10.2. The summed E-state index contributed by atoms with van der Waals surface area (Å²) in [7, 11) is -3.27. The average molecular weight is 426 g/mol. The predicted molar refractivity (Wildman–Crippen MR) is 97.2 cm³/mol. The van der Waals surface area contributed by atoms with E-state index in [1.807, 2.05) is 5.48 Å². The maximum atomic E-state index is 13.4. The molecule has 1 aliphatic rings. The van der Waals surface area contributed by atoms with Crippen molar-refractivity contribution in [3.8, 4) is 6.07 Å². The Morgan fingerprint density at radius 3 is 2.93 bits per heavy atom. The molecule has 1 saturated carbocycles. The van der Waals surface area contributed by atoms with Gasteiger partial charge >= 0.3 is 0 Å². The minimum Gasteiger partial charge on any atom is -0.290 e. The summed E-state index contributed by atoms with van der Waals surface area (Å²) in [5.74, 6) is -0.466. The van der Waals surface area contributed by atoms with Crippen LogP contribution in [-0.2, 0) is 10.0 Å². The summed E-state index contributed by atoms with van der Waals surface area (Å²) in [6.07, 6.45) is 1.36. The Labute approximate surface area is 163 Å². The zero-order valence-electron chi connectivity index (χ0n) is 14.3. The third-order valence-electron chi connectivity index (χ3n) is 3.71. The second kappa shape index (κ2) is 8.65. The Morgan fingerprint density at radius 1 is 1.46 bits per heavy atom. The predicted octanol–water partition coefficient (Wildman–Crippen LogP) is 1.31. The molecule has 0 amide bonds. The van der Waals surface area contributed by atoms with Crippen molar-refractivity contribution in [2.24, 2.45) is 4.99 Å². The van der Waals surface area contributed by atoms with Gasteiger partial charge in [0.25, 0.3) is 0 Å². The molecule has 0 aliphatic heterocycles. The van der Waals surface area contributed by atoms with E-state index in [1.54, 1.807) is 6.07 Å². The van der Waals surface area contributed by atoms with Gasteiger partial charge in [0.1, 0.15) is 11.9 Å². The van der Waals surface area contributed by atoms with E-state index < -0.39 is 15.8 Å². The summed E-state index contributed by atoms with van der Waals surface area (Å²) in [6.45, 7) is 0.193. The Balaban J connectivity index is 1.69. The van der Waals surface area contributed by atoms with Crippen LogP contribution in [0.2, 0.25) is 0 Å². The summed E-state index contributed by atoms with van der Waals surface area (Å²) in [6, 6.07) is 5.30. The molecule has 0 bridgehead atoms. The van der Waals surface area contributed by atoms with E-state index in [1.165, 1.54) is 12.1 Å². The fraction of sp³-hybridized carbons (Fsp3) is 0.333. The molecule has 0 radical (unpaired) electrons. The number of aliphatic imine (C=N–C) groups is 1. The molecule has 1 aliphatic carbocycles. The lowest BCUT2D eigenvalue weighted by molar-refractivity contribution is 0.234. The molecule has 3 rings (SSSR count). The number of thioether (sulfide) groups is 1. The highest BCUT2D eigenvalue weighted by Crippen LogP contribution is 2.27. The van der Waals surface area contributed by atoms with Gasteiger partial charge in [-0.15, -0.1) is 0 Å². The number of halogens is 1. The number of hydrogen-bond donors (Lipinski definition) is 3. The van der Waals surface area contributed by atoms with Crippen LogP contribution in [0.25, 0.3) is 0 Å². The van der Waals surface area contributed by atoms with E-state index >= 15 is 0 Å². The van der Waals surface area contributed by atoms with Gasteiger partial charge in [0, 0.05) is 12.3 Å². The molecule has 1 aromatic heterocycles. The van der Waals surface area contributed by atoms with Gasteiger partial charge in [0.15, 0.2) is 16.6 Å². The van der Waals surface area contributed by atoms with Crippen LogP contribution in [0.1, 0.15) is 24.1 Å². The first kappa shape index (κ1) is 20.2. The minimum absolute atomic E-state index is 0.0837. The van der Waals surface area contributed by atoms with E-state index in [0.717, 1.165) is 17.8 Å². The lowest BCUT2D eigenvalue weighted by Gasteiger charge is -2.05. The van der Waals surface area contributed by atoms with Crippen molar-refractivity contribution in [1.29, 1.82) is 5.26 Å². The summed E-state index contributed by atoms with van der Waals surface area (Å²) < 4.78 is 44.2. The number of amidine groups is 1. The van der Waals surface area contributed by atoms with Gasteiger partial charge in [-0.1, -0.05) is 11.8 Å². The van der Waals surface area contributed by atoms with Gasteiger partial charge in [-0.3, -0.25) is 10.7 Å². The number of aromatic nitrogens is 2. The average Bonchev–Trinajstić information content (AvgIpc) is 3.45. The van der Waals surface area contributed by atoms with Crippen LogP contribution in [0.4, 0.5) is 10.1 Å². The molecule has 28 heavy (non-hydrogen) atoms. The molecular formula is C15H15FN6O4S2. The molecule has 148 valence electrons. The minimum atomic E-state index is -3.27. The van der Waals surface area contributed by atoms with E-state index in [9.17, 15) is 18.0 Å². The number of sulfonamides is 1. The van der Waals surface area contributed by atoms with E-state index in [2.05, 4.69) is 24.7 Å². The Bertz CT molecular complexity index is 1030. The fourth-order valence-electron chi connectivity index (χ4n) is 2.18. The van der Waals surface area contributed by atoms with Crippen LogP contribution >= 0.6 is 11.8 Å². The summed E-state index contributed by atoms with van der Waals surface area (Å²) >= 11 is 1.15. The third-order valence-corrected chi connectivity index (χ3v) is 6.61. The van der Waals surface area contributed by atoms with Crippen molar-refractivity contribution in [2.45, 2.75) is 23.1 Å². The zero-order valence-corrected chi connectivity index (χ0v) is 15.9. The SMILES string of the molecule is N#Cc1cc(N=C(NO)c2nonc2SCCNS(=O)(=O)C2CC2)ccc1F. The number of hydroxylamine groups is 1. The van der Waals surface area contributed by atoms with Crippen molar-refractivity contribution in [3.63, 3.8) is 0 Å². The van der Waals surface area contributed by atoms with Crippen molar-refractivity contribution in [2.75, 3.05) is 12.3 Å². The van der Waals surface area contributed by atoms with Crippen LogP contribution in [-0.4, -0.2) is 47.3 Å². The van der Waals surface area contributed by atoms with E-state index in [4.69, 9.17) is 5.26 Å². The number of hydrogen-bond acceptors (Lipinski definition) is 9. The van der Waals surface area contributed by atoms with Crippen molar-refractivity contribution in [1.82, 2.24) is 20.5 Å². The smallest absolute Gasteiger partial charge is 0.214 e. The van der Waals surface area contributed by atoms with Crippen molar-refractivity contribution >= 4 is 33.3 Å². The molecule has 0 atom stereocenters. The molecule has 2 aromatic rings. The topological polar surface area (TPSA) is 154 Å². The highest BCUT2D eigenvalue weighted by Gasteiger charge is 2.35. The number of benzene rings is 1. The van der Waals surface area contributed by atoms with Crippen LogP contribution in [0.3, 0.4) is 0 Å². The summed E-state index contributed by atoms with van der Waals surface area (Å²) in [5.41, 5.74) is 1.95. The maximum absolute atomic E-state index is 13.4. The molecule has 3 N–H and O–H groups in total. The molecule has 0 saturated heterocycles. The molecule has 1 aromatic carbocycles. The van der Waals surface area contributed by atoms with Crippen molar-refractivity contribution in [3.05, 3.63) is 35.3 Å². The molecule has 0 unspecified atom stereocenters. The maximum Gasteiger partial charge on any atom is 0.214 e. The largest absolute Gasteiger partial charge is 0.290 e. The van der Waals surface area contributed by atoms with Gasteiger partial charge in [-0.2, -0.15) is 5.26 Å². The number of nitriles is 1. The van der Waals surface area contributed by atoms with Crippen LogP contribution in [0.5, 0.6) is 0 Å². The third kappa shape index (κ3) is 4.84. The molecular weight excluding hydrogens is 411 g/mol. The summed E-state index contributed by atoms with van der Waals surface area (Å²) in [5, 5.41) is 25.6. The van der Waals surface area contributed by atoms with Crippen LogP contribution < -0.4 is 10.2 Å². The molecule has 1 fully saturated rings. The first-order chi connectivity index (χ1) is 13.4. The second-order valence-electron chi connectivity index (χ2n) is 5.75. The quantitative estimate of drug-likeness (QED) is 0.186. The monoisotopic (exact) mass is 426 g/mol. The highest BCUT2D eigenvalue weighted by atomic mass is 32.2. The number of nitrogens with zero attached hydrogens (tertiary/aromatic N) is 4. The number of rotatable bonds is 8. The fourth-order valence-corrected chi connectivity index (χ4v) is 4.44.